The van der Waals surface area contributed by atoms with Crippen molar-refractivity contribution in [3.8, 4) is 0 Å². The maximum absolute atomic E-state index is 11.7. The average Bonchev–Trinajstić information content (AvgIpc) is 2.44. The predicted octanol–water partition coefficient (Wildman–Crippen LogP) is 0.804. The molecule has 0 saturated carbocycles. The smallest absolute Gasteiger partial charge is 0.288 e. The fourth-order valence-electron chi connectivity index (χ4n) is 1.87. The van der Waals surface area contributed by atoms with Gasteiger partial charge >= 0.3 is 0 Å². The molecule has 6 nitrogen and oxygen atoms in total. The molecular weight excluding hydrogens is 278 g/mol. The quantitative estimate of drug-likeness (QED) is 0.487. The van der Waals surface area contributed by atoms with E-state index in [2.05, 4.69) is 5.43 Å². The van der Waals surface area contributed by atoms with E-state index in [9.17, 15) is 14.4 Å². The standard InChI is InChI=1S/C13H15N3O3S/c14-15-11(17)7-9-1-3-10(4-2-9)8-16-12(18)5-6-20-13(16)19/h1-4H,5-8,14H2,(H,15,17). The Morgan fingerprint density at radius 2 is 1.90 bits per heavy atom. The van der Waals surface area contributed by atoms with Gasteiger partial charge < -0.3 is 0 Å². The summed E-state index contributed by atoms with van der Waals surface area (Å²) in [6.07, 6.45) is 0.597. The van der Waals surface area contributed by atoms with Gasteiger partial charge in [0.2, 0.25) is 11.8 Å². The summed E-state index contributed by atoms with van der Waals surface area (Å²) < 4.78 is 0. The van der Waals surface area contributed by atoms with Gasteiger partial charge in [0, 0.05) is 12.2 Å². The van der Waals surface area contributed by atoms with E-state index in [-0.39, 0.29) is 30.0 Å². The summed E-state index contributed by atoms with van der Waals surface area (Å²) >= 11 is 1.16. The lowest BCUT2D eigenvalue weighted by Crippen LogP contribution is -2.37. The van der Waals surface area contributed by atoms with Crippen LogP contribution in [0.3, 0.4) is 0 Å². The number of thioether (sulfide) groups is 1. The third-order valence-electron chi connectivity index (χ3n) is 2.95. The van der Waals surface area contributed by atoms with Crippen molar-refractivity contribution in [3.63, 3.8) is 0 Å². The van der Waals surface area contributed by atoms with Crippen molar-refractivity contribution < 1.29 is 14.4 Å². The Labute approximate surface area is 120 Å². The minimum Gasteiger partial charge on any atom is -0.294 e. The molecule has 1 fully saturated rings. The fourth-order valence-corrected chi connectivity index (χ4v) is 2.65. The summed E-state index contributed by atoms with van der Waals surface area (Å²) in [5.74, 6) is 5.17. The van der Waals surface area contributed by atoms with E-state index in [4.69, 9.17) is 5.84 Å². The summed E-state index contributed by atoms with van der Waals surface area (Å²) in [7, 11) is 0. The molecule has 1 aromatic rings. The third-order valence-corrected chi connectivity index (χ3v) is 3.83. The Hall–Kier alpha value is -1.86. The van der Waals surface area contributed by atoms with Gasteiger partial charge in [-0.2, -0.15) is 0 Å². The van der Waals surface area contributed by atoms with Crippen LogP contribution in [0.4, 0.5) is 4.79 Å². The Balaban J connectivity index is 2.01. The minimum absolute atomic E-state index is 0.139. The molecule has 1 aromatic carbocycles. The second-order valence-electron chi connectivity index (χ2n) is 4.41. The van der Waals surface area contributed by atoms with Crippen LogP contribution in [-0.2, 0) is 22.6 Å². The van der Waals surface area contributed by atoms with Crippen molar-refractivity contribution in [2.75, 3.05) is 5.75 Å². The maximum atomic E-state index is 11.7. The van der Waals surface area contributed by atoms with Gasteiger partial charge in [-0.1, -0.05) is 36.0 Å². The molecule has 7 heteroatoms. The summed E-state index contributed by atoms with van der Waals surface area (Å²) in [5.41, 5.74) is 3.74. The molecule has 0 radical (unpaired) electrons. The van der Waals surface area contributed by atoms with Crippen LogP contribution in [-0.4, -0.2) is 27.7 Å². The minimum atomic E-state index is -0.268. The number of nitrogens with one attached hydrogen (secondary N) is 1. The molecule has 1 heterocycles. The predicted molar refractivity (Wildman–Crippen MR) is 75.5 cm³/mol. The van der Waals surface area contributed by atoms with Gasteiger partial charge in [0.1, 0.15) is 0 Å². The van der Waals surface area contributed by atoms with Gasteiger partial charge in [-0.3, -0.25) is 24.7 Å². The number of imide groups is 1. The zero-order valence-corrected chi connectivity index (χ0v) is 11.6. The number of carbonyl (C=O) groups is 3. The first-order valence-electron chi connectivity index (χ1n) is 6.14. The van der Waals surface area contributed by atoms with Crippen molar-refractivity contribution in [2.24, 2.45) is 5.84 Å². The number of benzene rings is 1. The zero-order chi connectivity index (χ0) is 14.5. The largest absolute Gasteiger partial charge is 0.294 e. The Morgan fingerprint density at radius 3 is 2.50 bits per heavy atom. The normalized spacial score (nSPS) is 15.3. The van der Waals surface area contributed by atoms with Crippen molar-refractivity contribution in [1.82, 2.24) is 10.3 Å². The number of nitrogens with two attached hydrogens (primary N) is 1. The molecule has 0 aliphatic carbocycles. The van der Waals surface area contributed by atoms with Crippen LogP contribution in [0.15, 0.2) is 24.3 Å². The molecule has 0 unspecified atom stereocenters. The number of rotatable bonds is 4. The van der Waals surface area contributed by atoms with Gasteiger partial charge in [-0.05, 0) is 11.1 Å². The van der Waals surface area contributed by atoms with Crippen LogP contribution < -0.4 is 11.3 Å². The van der Waals surface area contributed by atoms with Crippen LogP contribution in [0.5, 0.6) is 0 Å². The van der Waals surface area contributed by atoms with Gasteiger partial charge in [0.25, 0.3) is 5.24 Å². The number of carbonyl (C=O) groups excluding carboxylic acids is 3. The van der Waals surface area contributed by atoms with E-state index in [1.165, 1.54) is 4.90 Å². The number of hydrazine groups is 1. The SMILES string of the molecule is NNC(=O)Cc1ccc(CN2C(=O)CCSC2=O)cc1. The van der Waals surface area contributed by atoms with Gasteiger partial charge in [-0.15, -0.1) is 0 Å². The van der Waals surface area contributed by atoms with E-state index in [0.717, 1.165) is 22.9 Å². The number of amides is 3. The first-order chi connectivity index (χ1) is 9.60. The van der Waals surface area contributed by atoms with Gasteiger partial charge in [-0.25, -0.2) is 5.84 Å². The molecule has 3 amide bonds. The van der Waals surface area contributed by atoms with Crippen molar-refractivity contribution in [3.05, 3.63) is 35.4 Å². The maximum Gasteiger partial charge on any atom is 0.288 e. The molecule has 0 bridgehead atoms. The topological polar surface area (TPSA) is 92.5 Å². The van der Waals surface area contributed by atoms with Crippen molar-refractivity contribution in [2.45, 2.75) is 19.4 Å². The Kier molecular flexibility index (Phi) is 4.75. The summed E-state index contributed by atoms with van der Waals surface area (Å²) in [4.78, 5) is 35.7. The molecule has 1 saturated heterocycles. The molecule has 1 aliphatic rings. The second kappa shape index (κ2) is 6.53. The van der Waals surface area contributed by atoms with E-state index >= 15 is 0 Å². The summed E-state index contributed by atoms with van der Waals surface area (Å²) in [6.45, 7) is 0.272. The van der Waals surface area contributed by atoms with Crippen molar-refractivity contribution >= 4 is 28.8 Å². The van der Waals surface area contributed by atoms with Gasteiger partial charge in [0.15, 0.2) is 0 Å². The lowest BCUT2D eigenvalue weighted by molar-refractivity contribution is -0.128. The summed E-state index contributed by atoms with van der Waals surface area (Å²) in [6, 6.07) is 7.19. The van der Waals surface area contributed by atoms with E-state index in [0.29, 0.717) is 12.2 Å². The first kappa shape index (κ1) is 14.5. The number of nitrogens with zero attached hydrogens (tertiary/aromatic N) is 1. The molecular formula is C13H15N3O3S. The third kappa shape index (κ3) is 3.58. The second-order valence-corrected chi connectivity index (χ2v) is 5.45. The van der Waals surface area contributed by atoms with Crippen LogP contribution in [0.2, 0.25) is 0 Å². The highest BCUT2D eigenvalue weighted by Gasteiger charge is 2.26. The monoisotopic (exact) mass is 293 g/mol. The number of hydrogen-bond acceptors (Lipinski definition) is 5. The van der Waals surface area contributed by atoms with Crippen LogP contribution in [0.1, 0.15) is 17.5 Å². The highest BCUT2D eigenvalue weighted by Crippen LogP contribution is 2.20. The van der Waals surface area contributed by atoms with Crippen LogP contribution in [0, 0.1) is 0 Å². The molecule has 3 N–H and O–H groups in total. The first-order valence-corrected chi connectivity index (χ1v) is 7.13. The number of hydrogen-bond donors (Lipinski definition) is 2. The van der Waals surface area contributed by atoms with E-state index < -0.39 is 0 Å². The average molecular weight is 293 g/mol. The Morgan fingerprint density at radius 1 is 1.25 bits per heavy atom. The lowest BCUT2D eigenvalue weighted by Gasteiger charge is -2.24. The van der Waals surface area contributed by atoms with E-state index in [1.54, 1.807) is 24.3 Å². The molecule has 1 aliphatic heterocycles. The van der Waals surface area contributed by atoms with E-state index in [1.807, 2.05) is 0 Å². The highest BCUT2D eigenvalue weighted by molar-refractivity contribution is 8.13. The zero-order valence-electron chi connectivity index (χ0n) is 10.8. The van der Waals surface area contributed by atoms with Crippen LogP contribution >= 0.6 is 11.8 Å². The molecule has 106 valence electrons. The highest BCUT2D eigenvalue weighted by atomic mass is 32.2. The molecule has 0 spiro atoms. The molecule has 0 atom stereocenters. The lowest BCUT2D eigenvalue weighted by atomic mass is 10.1. The Bertz CT molecular complexity index is 514. The van der Waals surface area contributed by atoms with Gasteiger partial charge in [0.05, 0.1) is 13.0 Å². The summed E-state index contributed by atoms with van der Waals surface area (Å²) in [5, 5.41) is -0.201. The van der Waals surface area contributed by atoms with Crippen molar-refractivity contribution in [1.29, 1.82) is 0 Å². The van der Waals surface area contributed by atoms with Crippen LogP contribution in [0.25, 0.3) is 0 Å². The molecule has 20 heavy (non-hydrogen) atoms. The fraction of sp³-hybridized carbons (Fsp3) is 0.308. The molecule has 0 aromatic heterocycles. The molecule has 2 rings (SSSR count).